The van der Waals surface area contributed by atoms with Crippen LogP contribution in [0.25, 0.3) is 0 Å². The van der Waals surface area contributed by atoms with Crippen LogP contribution in [0.1, 0.15) is 12.7 Å². The van der Waals surface area contributed by atoms with Gasteiger partial charge in [0.25, 0.3) is 0 Å². The maximum Gasteiger partial charge on any atom is 0.332 e. The van der Waals surface area contributed by atoms with Crippen molar-refractivity contribution in [2.24, 2.45) is 5.73 Å². The first-order valence-electron chi connectivity index (χ1n) is 3.98. The molecule has 1 aromatic rings. The molecule has 1 aromatic heterocycles. The first kappa shape index (κ1) is 10.1. The summed E-state index contributed by atoms with van der Waals surface area (Å²) in [6.45, 7) is 1.93. The average Bonchev–Trinajstić information content (AvgIpc) is 2.65. The molecule has 0 amide bonds. The van der Waals surface area contributed by atoms with Crippen LogP contribution in [0.15, 0.2) is 34.3 Å². The van der Waals surface area contributed by atoms with Gasteiger partial charge in [-0.15, -0.1) is 0 Å². The van der Waals surface area contributed by atoms with Gasteiger partial charge in [-0.1, -0.05) is 0 Å². The second-order valence-electron chi connectivity index (χ2n) is 2.70. The zero-order valence-electron chi connectivity index (χ0n) is 7.69. The monoisotopic (exact) mass is 197 g/mol. The Bertz CT molecular complexity index is 343. The van der Waals surface area contributed by atoms with E-state index in [0.29, 0.717) is 18.0 Å². The largest absolute Gasteiger partial charge is 0.467 e. The lowest BCUT2D eigenvalue weighted by Crippen LogP contribution is -2.20. The van der Waals surface area contributed by atoms with Gasteiger partial charge in [-0.2, -0.15) is 0 Å². The topological polar surface area (TPSA) is 94.3 Å². The second-order valence-corrected chi connectivity index (χ2v) is 2.70. The Morgan fingerprint density at radius 3 is 3.00 bits per heavy atom. The summed E-state index contributed by atoms with van der Waals surface area (Å²) in [6.07, 6.45) is 1.53. The van der Waals surface area contributed by atoms with Gasteiger partial charge < -0.3 is 19.8 Å². The third-order valence-electron chi connectivity index (χ3n) is 1.69. The molecule has 76 valence electrons. The van der Waals surface area contributed by atoms with E-state index in [1.54, 1.807) is 19.1 Å². The number of nitrogens with two attached hydrogens (primary N) is 1. The summed E-state index contributed by atoms with van der Waals surface area (Å²) in [5.41, 5.74) is 5.51. The molecule has 0 aliphatic rings. The van der Waals surface area contributed by atoms with E-state index in [9.17, 15) is 10.1 Å². The van der Waals surface area contributed by atoms with Crippen molar-refractivity contribution in [3.8, 4) is 0 Å². The van der Waals surface area contributed by atoms with E-state index in [1.807, 2.05) is 0 Å². The van der Waals surface area contributed by atoms with E-state index in [2.05, 4.69) is 5.32 Å². The highest BCUT2D eigenvalue weighted by Gasteiger charge is 2.06. The maximum absolute atomic E-state index is 10.3. The fourth-order valence-electron chi connectivity index (χ4n) is 0.860. The Kier molecular flexibility index (Phi) is 3.11. The normalized spacial score (nSPS) is 12.1. The molecule has 0 atom stereocenters. The van der Waals surface area contributed by atoms with E-state index in [0.717, 1.165) is 0 Å². The van der Waals surface area contributed by atoms with Crippen LogP contribution in [-0.4, -0.2) is 4.92 Å². The lowest BCUT2D eigenvalue weighted by atomic mass is 10.4. The van der Waals surface area contributed by atoms with Gasteiger partial charge >= 0.3 is 5.82 Å². The highest BCUT2D eigenvalue weighted by atomic mass is 16.6. The zero-order valence-corrected chi connectivity index (χ0v) is 7.69. The summed E-state index contributed by atoms with van der Waals surface area (Å²) in [4.78, 5) is 9.63. The number of allylic oxidation sites excluding steroid dienone is 1. The standard InChI is InChI=1S/C8H11N3O3/c1-6(8(9)11(12)13)10-5-7-3-2-4-14-7/h2-4,10H,5,9H2,1H3. The van der Waals surface area contributed by atoms with Gasteiger partial charge in [0.05, 0.1) is 12.8 Å². The summed E-state index contributed by atoms with van der Waals surface area (Å²) in [5.74, 6) is 0.317. The van der Waals surface area contributed by atoms with Crippen LogP contribution in [0.2, 0.25) is 0 Å². The molecule has 3 N–H and O–H groups in total. The van der Waals surface area contributed by atoms with Crippen molar-refractivity contribution < 1.29 is 9.34 Å². The van der Waals surface area contributed by atoms with Gasteiger partial charge in [-0.05, 0) is 24.0 Å². The fraction of sp³-hybridized carbons (Fsp3) is 0.250. The molecule has 0 radical (unpaired) electrons. The van der Waals surface area contributed by atoms with Crippen LogP contribution >= 0.6 is 0 Å². The zero-order chi connectivity index (χ0) is 10.6. The van der Waals surface area contributed by atoms with Gasteiger partial charge in [0.1, 0.15) is 11.5 Å². The van der Waals surface area contributed by atoms with Crippen molar-refractivity contribution in [2.45, 2.75) is 13.5 Å². The fourth-order valence-corrected chi connectivity index (χ4v) is 0.860. The third-order valence-corrected chi connectivity index (χ3v) is 1.69. The van der Waals surface area contributed by atoms with Crippen molar-refractivity contribution in [3.05, 3.63) is 45.8 Å². The molecular formula is C8H11N3O3. The Morgan fingerprint density at radius 2 is 2.50 bits per heavy atom. The minimum atomic E-state index is -0.634. The molecule has 0 saturated heterocycles. The molecule has 0 unspecified atom stereocenters. The van der Waals surface area contributed by atoms with E-state index in [1.165, 1.54) is 6.26 Å². The maximum atomic E-state index is 10.3. The third kappa shape index (κ3) is 2.51. The quantitative estimate of drug-likeness (QED) is 0.549. The Morgan fingerprint density at radius 1 is 1.79 bits per heavy atom. The summed E-state index contributed by atoms with van der Waals surface area (Å²) < 4.78 is 5.03. The van der Waals surface area contributed by atoms with Crippen LogP contribution in [0.3, 0.4) is 0 Å². The number of nitro groups is 1. The van der Waals surface area contributed by atoms with E-state index in [-0.39, 0.29) is 5.82 Å². The molecule has 0 aliphatic carbocycles. The molecule has 6 nitrogen and oxygen atoms in total. The van der Waals surface area contributed by atoms with Crippen molar-refractivity contribution in [1.29, 1.82) is 0 Å². The number of hydrogen-bond donors (Lipinski definition) is 2. The average molecular weight is 197 g/mol. The predicted molar refractivity (Wildman–Crippen MR) is 49.4 cm³/mol. The van der Waals surface area contributed by atoms with Gasteiger partial charge in [0.2, 0.25) is 0 Å². The van der Waals surface area contributed by atoms with Crippen LogP contribution in [-0.2, 0) is 6.54 Å². The Labute approximate surface area is 80.5 Å². The molecule has 0 bridgehead atoms. The molecule has 0 aromatic carbocycles. The minimum absolute atomic E-state index is 0.325. The number of hydrogen-bond acceptors (Lipinski definition) is 5. The van der Waals surface area contributed by atoms with E-state index < -0.39 is 4.92 Å². The predicted octanol–water partition coefficient (Wildman–Crippen LogP) is 0.794. The van der Waals surface area contributed by atoms with Crippen molar-refractivity contribution >= 4 is 0 Å². The van der Waals surface area contributed by atoms with Crippen molar-refractivity contribution in [3.63, 3.8) is 0 Å². The van der Waals surface area contributed by atoms with Crippen LogP contribution in [0.5, 0.6) is 0 Å². The summed E-state index contributed by atoms with van der Waals surface area (Å²) >= 11 is 0. The summed E-state index contributed by atoms with van der Waals surface area (Å²) in [7, 11) is 0. The number of nitrogens with one attached hydrogen (secondary N) is 1. The van der Waals surface area contributed by atoms with E-state index in [4.69, 9.17) is 10.2 Å². The first-order chi connectivity index (χ1) is 6.61. The van der Waals surface area contributed by atoms with Crippen molar-refractivity contribution in [1.82, 2.24) is 5.32 Å². The van der Waals surface area contributed by atoms with Crippen LogP contribution < -0.4 is 11.1 Å². The lowest BCUT2D eigenvalue weighted by Gasteiger charge is -2.04. The number of furan rings is 1. The minimum Gasteiger partial charge on any atom is -0.467 e. The highest BCUT2D eigenvalue weighted by molar-refractivity contribution is 5.03. The molecule has 0 saturated carbocycles. The molecule has 14 heavy (non-hydrogen) atoms. The molecule has 0 aliphatic heterocycles. The molecule has 0 spiro atoms. The SMILES string of the molecule is CC(NCc1ccco1)=C(N)[N+](=O)[O-]. The van der Waals surface area contributed by atoms with Gasteiger partial charge in [0, 0.05) is 0 Å². The molecule has 0 fully saturated rings. The van der Waals surface area contributed by atoms with Gasteiger partial charge in [0.15, 0.2) is 0 Å². The molecule has 1 heterocycles. The first-order valence-corrected chi connectivity index (χ1v) is 3.98. The van der Waals surface area contributed by atoms with Crippen LogP contribution in [0, 0.1) is 10.1 Å². The number of nitrogens with zero attached hydrogens (tertiary/aromatic N) is 1. The Hall–Kier alpha value is -1.98. The lowest BCUT2D eigenvalue weighted by molar-refractivity contribution is -0.428. The Balaban J connectivity index is 2.54. The molecule has 6 heteroatoms. The second kappa shape index (κ2) is 4.31. The smallest absolute Gasteiger partial charge is 0.332 e. The van der Waals surface area contributed by atoms with Crippen molar-refractivity contribution in [2.75, 3.05) is 0 Å². The summed E-state index contributed by atoms with van der Waals surface area (Å²) in [5, 5.41) is 13.0. The number of rotatable bonds is 4. The van der Waals surface area contributed by atoms with Gasteiger partial charge in [-0.3, -0.25) is 5.73 Å². The van der Waals surface area contributed by atoms with E-state index >= 15 is 0 Å². The highest BCUT2D eigenvalue weighted by Crippen LogP contribution is 2.01. The van der Waals surface area contributed by atoms with Gasteiger partial charge in [-0.25, -0.2) is 0 Å². The molecular weight excluding hydrogens is 186 g/mol. The molecule has 1 rings (SSSR count). The summed E-state index contributed by atoms with van der Waals surface area (Å²) in [6, 6.07) is 3.51. The van der Waals surface area contributed by atoms with Crippen LogP contribution in [0.4, 0.5) is 0 Å².